The van der Waals surface area contributed by atoms with Crippen molar-refractivity contribution in [1.29, 1.82) is 0 Å². The monoisotopic (exact) mass is 394 g/mol. The number of carbonyl (C=O) groups excluding carboxylic acids is 1. The number of hydrogen-bond donors (Lipinski definition) is 1. The number of nitrogens with one attached hydrogen (secondary N) is 1. The first kappa shape index (κ1) is 19.4. The molecule has 1 fully saturated rings. The highest BCUT2D eigenvalue weighted by Crippen LogP contribution is 2.29. The van der Waals surface area contributed by atoms with E-state index >= 15 is 0 Å². The zero-order chi connectivity index (χ0) is 20.4. The van der Waals surface area contributed by atoms with Crippen molar-refractivity contribution in [3.8, 4) is 5.75 Å². The fraction of sp³-hybridized carbons (Fsp3) is 0.409. The molecule has 0 spiro atoms. The van der Waals surface area contributed by atoms with Crippen molar-refractivity contribution in [2.45, 2.75) is 38.5 Å². The summed E-state index contributed by atoms with van der Waals surface area (Å²) in [6.07, 6.45) is 7.46. The van der Waals surface area contributed by atoms with E-state index in [1.807, 2.05) is 42.6 Å². The minimum Gasteiger partial charge on any atom is -0.496 e. The molecule has 1 aliphatic heterocycles. The van der Waals surface area contributed by atoms with Crippen LogP contribution in [-0.2, 0) is 4.74 Å². The Hall–Kier alpha value is -2.93. The fourth-order valence-electron chi connectivity index (χ4n) is 3.74. The molecule has 4 rings (SSSR count). The third kappa shape index (κ3) is 3.96. The van der Waals surface area contributed by atoms with Gasteiger partial charge in [-0.2, -0.15) is 0 Å². The highest BCUT2D eigenvalue weighted by atomic mass is 16.5. The molecular formula is C22H26N4O3. The largest absolute Gasteiger partial charge is 0.496 e. The van der Waals surface area contributed by atoms with Crippen molar-refractivity contribution >= 4 is 17.2 Å². The first-order chi connectivity index (χ1) is 14.1. The van der Waals surface area contributed by atoms with E-state index in [0.29, 0.717) is 22.9 Å². The van der Waals surface area contributed by atoms with Crippen molar-refractivity contribution in [3.63, 3.8) is 0 Å². The van der Waals surface area contributed by atoms with Crippen molar-refractivity contribution < 1.29 is 14.3 Å². The molecule has 7 nitrogen and oxygen atoms in total. The molecule has 1 N–H and O–H groups in total. The van der Waals surface area contributed by atoms with E-state index in [1.54, 1.807) is 19.5 Å². The summed E-state index contributed by atoms with van der Waals surface area (Å²) in [5, 5.41) is 2.99. The van der Waals surface area contributed by atoms with Crippen LogP contribution in [0.5, 0.6) is 5.75 Å². The van der Waals surface area contributed by atoms with Gasteiger partial charge in [0.2, 0.25) is 0 Å². The number of amides is 1. The molecule has 1 saturated heterocycles. The van der Waals surface area contributed by atoms with Crippen LogP contribution in [0, 0.1) is 0 Å². The van der Waals surface area contributed by atoms with Gasteiger partial charge in [-0.05, 0) is 30.9 Å². The van der Waals surface area contributed by atoms with Gasteiger partial charge in [0.05, 0.1) is 29.7 Å². The lowest BCUT2D eigenvalue weighted by molar-refractivity contribution is 0.0846. The Kier molecular flexibility index (Phi) is 5.49. The molecule has 3 aromatic heterocycles. The Morgan fingerprint density at radius 1 is 1.31 bits per heavy atom. The van der Waals surface area contributed by atoms with E-state index < -0.39 is 0 Å². The minimum atomic E-state index is -0.236. The molecular weight excluding hydrogens is 368 g/mol. The van der Waals surface area contributed by atoms with Gasteiger partial charge in [0, 0.05) is 43.8 Å². The summed E-state index contributed by atoms with van der Waals surface area (Å²) in [7, 11) is 1.56. The Morgan fingerprint density at radius 3 is 2.83 bits per heavy atom. The minimum absolute atomic E-state index is 0.201. The van der Waals surface area contributed by atoms with Crippen LogP contribution < -0.4 is 10.1 Å². The van der Waals surface area contributed by atoms with Crippen molar-refractivity contribution in [1.82, 2.24) is 14.4 Å². The van der Waals surface area contributed by atoms with Gasteiger partial charge in [-0.25, -0.2) is 4.98 Å². The number of nitrogens with zero attached hydrogens (tertiary/aromatic N) is 3. The van der Waals surface area contributed by atoms with Gasteiger partial charge in [-0.1, -0.05) is 13.8 Å². The zero-order valence-corrected chi connectivity index (χ0v) is 17.0. The molecule has 7 heteroatoms. The number of carbonyl (C=O) groups is 1. The molecule has 0 unspecified atom stereocenters. The van der Waals surface area contributed by atoms with Crippen molar-refractivity contribution in [2.75, 3.05) is 25.6 Å². The molecule has 0 atom stereocenters. The van der Waals surface area contributed by atoms with E-state index in [4.69, 9.17) is 14.5 Å². The molecule has 29 heavy (non-hydrogen) atoms. The first-order valence-electron chi connectivity index (χ1n) is 9.97. The molecule has 0 aromatic carbocycles. The van der Waals surface area contributed by atoms with Crippen LogP contribution in [0.2, 0.25) is 0 Å². The predicted molar refractivity (Wildman–Crippen MR) is 111 cm³/mol. The molecule has 3 aromatic rings. The second-order valence-corrected chi connectivity index (χ2v) is 7.62. The summed E-state index contributed by atoms with van der Waals surface area (Å²) in [5.41, 5.74) is 3.81. The van der Waals surface area contributed by atoms with Gasteiger partial charge in [0.1, 0.15) is 11.4 Å². The second-order valence-electron chi connectivity index (χ2n) is 7.62. The SMILES string of the molecule is COc1cc2nc(C3CCOCC3)cn2cc1C(=O)Nc1cccnc1C(C)C. The van der Waals surface area contributed by atoms with Gasteiger partial charge < -0.3 is 19.2 Å². The van der Waals surface area contributed by atoms with Gasteiger partial charge in [0.25, 0.3) is 5.91 Å². The fourth-order valence-corrected chi connectivity index (χ4v) is 3.74. The smallest absolute Gasteiger partial charge is 0.260 e. The molecule has 0 saturated carbocycles. The Labute approximate surface area is 170 Å². The molecule has 0 bridgehead atoms. The number of hydrogen-bond acceptors (Lipinski definition) is 5. The maximum atomic E-state index is 13.1. The van der Waals surface area contributed by atoms with Crippen LogP contribution in [0.4, 0.5) is 5.69 Å². The van der Waals surface area contributed by atoms with Crippen molar-refractivity contribution in [2.24, 2.45) is 0 Å². The Morgan fingerprint density at radius 2 is 2.10 bits per heavy atom. The van der Waals surface area contributed by atoms with E-state index in [0.717, 1.165) is 43.1 Å². The number of aromatic nitrogens is 3. The molecule has 0 aliphatic carbocycles. The van der Waals surface area contributed by atoms with Crippen LogP contribution in [0.1, 0.15) is 60.3 Å². The first-order valence-corrected chi connectivity index (χ1v) is 9.97. The average molecular weight is 394 g/mol. The lowest BCUT2D eigenvalue weighted by Gasteiger charge is -2.19. The summed E-state index contributed by atoms with van der Waals surface area (Å²) < 4.78 is 12.8. The lowest BCUT2D eigenvalue weighted by Crippen LogP contribution is -2.16. The second kappa shape index (κ2) is 8.21. The van der Waals surface area contributed by atoms with Gasteiger partial charge in [0.15, 0.2) is 0 Å². The maximum absolute atomic E-state index is 13.1. The number of ether oxygens (including phenoxy) is 2. The number of rotatable bonds is 5. The number of anilines is 1. The Bertz CT molecular complexity index is 1020. The summed E-state index contributed by atoms with van der Waals surface area (Å²) in [4.78, 5) is 22.2. The van der Waals surface area contributed by atoms with E-state index in [-0.39, 0.29) is 11.8 Å². The zero-order valence-electron chi connectivity index (χ0n) is 17.0. The number of imidazole rings is 1. The number of methoxy groups -OCH3 is 1. The number of fused-ring (bicyclic) bond motifs is 1. The van der Waals surface area contributed by atoms with Gasteiger partial charge in [-0.15, -0.1) is 0 Å². The van der Waals surface area contributed by atoms with Gasteiger partial charge in [-0.3, -0.25) is 9.78 Å². The molecule has 152 valence electrons. The third-order valence-corrected chi connectivity index (χ3v) is 5.31. The van der Waals surface area contributed by atoms with Crippen LogP contribution in [0.25, 0.3) is 5.65 Å². The lowest BCUT2D eigenvalue weighted by atomic mass is 9.97. The summed E-state index contributed by atoms with van der Waals surface area (Å²) in [6.45, 7) is 5.62. The van der Waals surface area contributed by atoms with Crippen molar-refractivity contribution in [3.05, 3.63) is 53.7 Å². The topological polar surface area (TPSA) is 77.8 Å². The van der Waals surface area contributed by atoms with Crippen LogP contribution >= 0.6 is 0 Å². The molecule has 1 amide bonds. The molecule has 1 aliphatic rings. The van der Waals surface area contributed by atoms with Crippen LogP contribution in [0.3, 0.4) is 0 Å². The van der Waals surface area contributed by atoms with Gasteiger partial charge >= 0.3 is 0 Å². The van der Waals surface area contributed by atoms with E-state index in [2.05, 4.69) is 10.3 Å². The highest BCUT2D eigenvalue weighted by Gasteiger charge is 2.21. The van der Waals surface area contributed by atoms with E-state index in [9.17, 15) is 4.79 Å². The average Bonchev–Trinajstić information content (AvgIpc) is 3.16. The Balaban J connectivity index is 1.66. The summed E-state index contributed by atoms with van der Waals surface area (Å²) in [5.74, 6) is 0.844. The standard InChI is InChI=1S/C22H26N4O3/c1-14(2)21-17(5-4-8-23-21)25-22(27)16-12-26-13-18(15-6-9-29-10-7-15)24-20(26)11-19(16)28-3/h4-5,8,11-15H,6-7,9-10H2,1-3H3,(H,25,27). The summed E-state index contributed by atoms with van der Waals surface area (Å²) >= 11 is 0. The number of pyridine rings is 2. The van der Waals surface area contributed by atoms with E-state index in [1.165, 1.54) is 0 Å². The van der Waals surface area contributed by atoms with Crippen LogP contribution in [0.15, 0.2) is 36.8 Å². The molecule has 4 heterocycles. The maximum Gasteiger partial charge on any atom is 0.260 e. The summed E-state index contributed by atoms with van der Waals surface area (Å²) in [6, 6.07) is 5.49. The molecule has 0 radical (unpaired) electrons. The van der Waals surface area contributed by atoms with Crippen LogP contribution in [-0.4, -0.2) is 40.6 Å². The predicted octanol–water partition coefficient (Wildman–Crippen LogP) is 4.01. The normalized spacial score (nSPS) is 15.0. The highest BCUT2D eigenvalue weighted by molar-refractivity contribution is 6.06. The third-order valence-electron chi connectivity index (χ3n) is 5.31. The quantitative estimate of drug-likeness (QED) is 0.707.